The number of anilines is 1. The lowest BCUT2D eigenvalue weighted by Gasteiger charge is -2.43. The Morgan fingerprint density at radius 1 is 1.19 bits per heavy atom. The Morgan fingerprint density at radius 2 is 1.94 bits per heavy atom. The molecule has 1 saturated heterocycles. The van der Waals surface area contributed by atoms with Crippen molar-refractivity contribution in [3.63, 3.8) is 0 Å². The van der Waals surface area contributed by atoms with Crippen molar-refractivity contribution in [2.24, 2.45) is 5.92 Å². The first kappa shape index (κ1) is 25.9. The van der Waals surface area contributed by atoms with E-state index in [1.54, 1.807) is 39.0 Å². The lowest BCUT2D eigenvalue weighted by atomic mass is 9.88. The van der Waals surface area contributed by atoms with Gasteiger partial charge in [0, 0.05) is 18.7 Å². The smallest absolute Gasteiger partial charge is 0.367 e. The molecule has 1 aliphatic rings. The highest BCUT2D eigenvalue weighted by Gasteiger charge is 2.47. The van der Waals surface area contributed by atoms with Crippen LogP contribution in [-0.4, -0.2) is 55.8 Å². The van der Waals surface area contributed by atoms with Gasteiger partial charge in [0.05, 0.1) is 40.6 Å². The van der Waals surface area contributed by atoms with Gasteiger partial charge in [0.2, 0.25) is 0 Å². The standard InChI is InChI=1S/C23H23F5N6OS/c1-12-7-22(24,25)11-34(16(12)8-30-18-10-29-17(9-31-18)23(26,27)28)21(35)19-20(36-14(3)33-19)15-6-4-5-13(2)32-15/h4-6,9-10,12,16H,7-8,11H2,1-3H3,(H,30,31)/t12?,16-/m1/s1. The number of likely N-dealkylation sites (tertiary alicyclic amines) is 1. The monoisotopic (exact) mass is 526 g/mol. The molecule has 2 atom stereocenters. The summed E-state index contributed by atoms with van der Waals surface area (Å²) >= 11 is 1.25. The number of carbonyl (C=O) groups excluding carboxylic acids is 1. The summed E-state index contributed by atoms with van der Waals surface area (Å²) in [5.41, 5.74) is 0.150. The molecule has 0 spiro atoms. The van der Waals surface area contributed by atoms with Gasteiger partial charge in [0.15, 0.2) is 5.69 Å². The number of thiazole rings is 1. The minimum atomic E-state index is -4.63. The van der Waals surface area contributed by atoms with Crippen LogP contribution in [0.1, 0.15) is 40.2 Å². The first-order valence-electron chi connectivity index (χ1n) is 11.1. The van der Waals surface area contributed by atoms with Crippen molar-refractivity contribution in [3.05, 3.63) is 52.7 Å². The molecule has 1 amide bonds. The second-order valence-corrected chi connectivity index (χ2v) is 9.98. The zero-order valence-electron chi connectivity index (χ0n) is 19.6. The third-order valence-electron chi connectivity index (χ3n) is 5.83. The van der Waals surface area contributed by atoms with Crippen LogP contribution in [0.25, 0.3) is 10.6 Å². The van der Waals surface area contributed by atoms with Gasteiger partial charge in [-0.2, -0.15) is 13.2 Å². The molecule has 0 aromatic carbocycles. The quantitative estimate of drug-likeness (QED) is 0.459. The number of halogens is 5. The molecule has 1 fully saturated rings. The highest BCUT2D eigenvalue weighted by molar-refractivity contribution is 7.15. The van der Waals surface area contributed by atoms with Crippen molar-refractivity contribution >= 4 is 23.1 Å². The first-order chi connectivity index (χ1) is 16.8. The van der Waals surface area contributed by atoms with E-state index in [4.69, 9.17) is 0 Å². The van der Waals surface area contributed by atoms with Crippen LogP contribution < -0.4 is 5.32 Å². The van der Waals surface area contributed by atoms with Crippen molar-refractivity contribution < 1.29 is 26.7 Å². The Hall–Kier alpha value is -3.22. The van der Waals surface area contributed by atoms with Crippen LogP contribution in [0.2, 0.25) is 0 Å². The second-order valence-electron chi connectivity index (χ2n) is 8.78. The maximum absolute atomic E-state index is 14.6. The predicted molar refractivity (Wildman–Crippen MR) is 124 cm³/mol. The molecule has 0 radical (unpaired) electrons. The number of alkyl halides is 5. The lowest BCUT2D eigenvalue weighted by molar-refractivity contribution is -0.141. The number of aromatic nitrogens is 4. The van der Waals surface area contributed by atoms with Gasteiger partial charge in [-0.15, -0.1) is 11.3 Å². The molecule has 4 heterocycles. The maximum atomic E-state index is 14.6. The third kappa shape index (κ3) is 5.61. The van der Waals surface area contributed by atoms with E-state index in [9.17, 15) is 26.7 Å². The maximum Gasteiger partial charge on any atom is 0.434 e. The molecule has 3 aromatic heterocycles. The average Bonchev–Trinajstić information content (AvgIpc) is 3.18. The Labute approximate surface area is 207 Å². The number of nitrogens with zero attached hydrogens (tertiary/aromatic N) is 5. The van der Waals surface area contributed by atoms with Gasteiger partial charge in [0.1, 0.15) is 11.5 Å². The number of pyridine rings is 1. The van der Waals surface area contributed by atoms with E-state index >= 15 is 0 Å². The fourth-order valence-electron chi connectivity index (χ4n) is 4.21. The van der Waals surface area contributed by atoms with Gasteiger partial charge in [-0.25, -0.2) is 23.7 Å². The highest BCUT2D eigenvalue weighted by atomic mass is 32.1. The predicted octanol–water partition coefficient (Wildman–Crippen LogP) is 5.23. The molecule has 0 bridgehead atoms. The van der Waals surface area contributed by atoms with Crippen LogP contribution in [0.5, 0.6) is 0 Å². The van der Waals surface area contributed by atoms with Crippen LogP contribution in [0.3, 0.4) is 0 Å². The molecule has 192 valence electrons. The molecule has 0 aliphatic carbocycles. The zero-order valence-corrected chi connectivity index (χ0v) is 20.4. The molecule has 13 heteroatoms. The lowest BCUT2D eigenvalue weighted by Crippen LogP contribution is -2.57. The SMILES string of the molecule is Cc1cccc(-c2sc(C)nc2C(=O)N2CC(F)(F)CC(C)[C@H]2CNc2cnc(C(F)(F)F)cn2)n1. The third-order valence-corrected chi connectivity index (χ3v) is 6.83. The number of hydrogen-bond donors (Lipinski definition) is 1. The number of hydrogen-bond acceptors (Lipinski definition) is 7. The van der Waals surface area contributed by atoms with Gasteiger partial charge in [0.25, 0.3) is 11.8 Å². The number of piperidine rings is 1. The first-order valence-corrected chi connectivity index (χ1v) is 11.9. The van der Waals surface area contributed by atoms with Crippen LogP contribution in [-0.2, 0) is 6.18 Å². The Kier molecular flexibility index (Phi) is 6.95. The summed E-state index contributed by atoms with van der Waals surface area (Å²) in [4.78, 5) is 31.1. The second kappa shape index (κ2) is 9.68. The summed E-state index contributed by atoms with van der Waals surface area (Å²) < 4.78 is 67.4. The topological polar surface area (TPSA) is 83.9 Å². The largest absolute Gasteiger partial charge is 0.434 e. The van der Waals surface area contributed by atoms with E-state index in [-0.39, 0.29) is 18.1 Å². The Balaban J connectivity index is 1.61. The number of amides is 1. The van der Waals surface area contributed by atoms with E-state index in [0.29, 0.717) is 21.8 Å². The number of rotatable bonds is 5. The summed E-state index contributed by atoms with van der Waals surface area (Å²) in [6.45, 7) is 4.31. The summed E-state index contributed by atoms with van der Waals surface area (Å²) in [5.74, 6) is -4.34. The highest BCUT2D eigenvalue weighted by Crippen LogP contribution is 2.37. The van der Waals surface area contributed by atoms with Gasteiger partial charge in [-0.1, -0.05) is 13.0 Å². The minimum Gasteiger partial charge on any atom is -0.367 e. The molecule has 3 aromatic rings. The van der Waals surface area contributed by atoms with Crippen molar-refractivity contribution in [1.29, 1.82) is 0 Å². The Morgan fingerprint density at radius 3 is 2.58 bits per heavy atom. The summed E-state index contributed by atoms with van der Waals surface area (Å²) in [7, 11) is 0. The summed E-state index contributed by atoms with van der Waals surface area (Å²) in [6.07, 6.45) is -3.57. The number of aryl methyl sites for hydroxylation is 2. The molecule has 36 heavy (non-hydrogen) atoms. The van der Waals surface area contributed by atoms with E-state index in [2.05, 4.69) is 25.3 Å². The van der Waals surface area contributed by atoms with Crippen LogP contribution >= 0.6 is 11.3 Å². The normalized spacial score (nSPS) is 19.8. The molecule has 4 rings (SSSR count). The molecule has 7 nitrogen and oxygen atoms in total. The van der Waals surface area contributed by atoms with Crippen molar-refractivity contribution in [2.75, 3.05) is 18.4 Å². The van der Waals surface area contributed by atoms with Crippen molar-refractivity contribution in [3.8, 4) is 10.6 Å². The molecule has 0 saturated carbocycles. The fourth-order valence-corrected chi connectivity index (χ4v) is 5.09. The van der Waals surface area contributed by atoms with Gasteiger partial charge in [-0.3, -0.25) is 9.78 Å². The van der Waals surface area contributed by atoms with Gasteiger partial charge >= 0.3 is 6.18 Å². The van der Waals surface area contributed by atoms with E-state index in [1.807, 2.05) is 0 Å². The minimum absolute atomic E-state index is 0.00974. The molecule has 1 N–H and O–H groups in total. The van der Waals surface area contributed by atoms with Crippen molar-refractivity contribution in [2.45, 2.75) is 45.3 Å². The average molecular weight is 527 g/mol. The van der Waals surface area contributed by atoms with E-state index in [1.165, 1.54) is 11.3 Å². The van der Waals surface area contributed by atoms with E-state index < -0.39 is 48.6 Å². The van der Waals surface area contributed by atoms with E-state index in [0.717, 1.165) is 16.8 Å². The van der Waals surface area contributed by atoms with Crippen molar-refractivity contribution in [1.82, 2.24) is 24.8 Å². The molecule has 1 unspecified atom stereocenters. The van der Waals surface area contributed by atoms with Gasteiger partial charge < -0.3 is 10.2 Å². The summed E-state index contributed by atoms with van der Waals surface area (Å²) in [5, 5.41) is 3.42. The zero-order chi connectivity index (χ0) is 26.3. The van der Waals surface area contributed by atoms with Crippen LogP contribution in [0, 0.1) is 19.8 Å². The molecular formula is C23H23F5N6OS. The van der Waals surface area contributed by atoms with Gasteiger partial charge in [-0.05, 0) is 31.9 Å². The number of nitrogens with one attached hydrogen (secondary N) is 1. The molecular weight excluding hydrogens is 503 g/mol. The van der Waals surface area contributed by atoms with Crippen LogP contribution in [0.15, 0.2) is 30.6 Å². The summed E-state index contributed by atoms with van der Waals surface area (Å²) in [6, 6.07) is 4.63. The molecule has 1 aliphatic heterocycles. The van der Waals surface area contributed by atoms with Crippen LogP contribution in [0.4, 0.5) is 27.8 Å². The fraction of sp³-hybridized carbons (Fsp3) is 0.435. The number of carbonyl (C=O) groups is 1. The Bertz CT molecular complexity index is 1250.